The third-order valence-corrected chi connectivity index (χ3v) is 10.6. The van der Waals surface area contributed by atoms with E-state index in [-0.39, 0.29) is 5.92 Å². The first-order valence-electron chi connectivity index (χ1n) is 10.6. The molecule has 0 spiro atoms. The van der Waals surface area contributed by atoms with Gasteiger partial charge < -0.3 is 0 Å². The minimum absolute atomic E-state index is 0.0161. The lowest BCUT2D eigenvalue weighted by atomic mass is 9.72. The number of halogens is 5. The van der Waals surface area contributed by atoms with Crippen LogP contribution in [0.25, 0.3) is 5.83 Å². The highest BCUT2D eigenvalue weighted by Crippen LogP contribution is 2.44. The maximum Gasteiger partial charge on any atom is 0.306 e. The largest absolute Gasteiger partial charge is 0.306 e. The van der Waals surface area contributed by atoms with Gasteiger partial charge in [-0.1, -0.05) is 44.3 Å². The van der Waals surface area contributed by atoms with Crippen molar-refractivity contribution in [3.05, 3.63) is 41.0 Å². The Labute approximate surface area is 165 Å². The first-order valence-corrected chi connectivity index (χ1v) is 13.1. The third-order valence-electron chi connectivity index (χ3n) is 6.95. The molecule has 2 aliphatic rings. The average Bonchev–Trinajstić information content (AvgIpc) is 2.68. The molecule has 0 unspecified atom stereocenters. The van der Waals surface area contributed by atoms with E-state index >= 15 is 0 Å². The van der Waals surface area contributed by atoms with Crippen LogP contribution in [0.15, 0.2) is 18.2 Å². The van der Waals surface area contributed by atoms with E-state index in [9.17, 15) is 22.0 Å². The zero-order chi connectivity index (χ0) is 20.3. The number of benzene rings is 1. The van der Waals surface area contributed by atoms with E-state index in [1.807, 2.05) is 0 Å². The van der Waals surface area contributed by atoms with Gasteiger partial charge in [0, 0.05) is 8.80 Å². The van der Waals surface area contributed by atoms with E-state index in [1.165, 1.54) is 37.4 Å². The lowest BCUT2D eigenvalue weighted by Gasteiger charge is -2.37. The summed E-state index contributed by atoms with van der Waals surface area (Å²) < 4.78 is 66.3. The molecule has 0 atom stereocenters. The molecule has 156 valence electrons. The Morgan fingerprint density at radius 3 is 1.93 bits per heavy atom. The summed E-state index contributed by atoms with van der Waals surface area (Å²) in [6, 6.07) is 6.46. The lowest BCUT2D eigenvalue weighted by molar-refractivity contribution is 0.216. The van der Waals surface area contributed by atoms with Crippen molar-refractivity contribution in [2.45, 2.75) is 75.9 Å². The Hall–Kier alpha value is -1.17. The van der Waals surface area contributed by atoms with Crippen molar-refractivity contribution in [3.8, 4) is 0 Å². The van der Waals surface area contributed by atoms with Crippen molar-refractivity contribution >= 4 is 14.6 Å². The molecule has 0 N–H and O–H groups in total. The maximum atomic E-state index is 14.1. The standard InChI is InChI=1S/C22H29F5Si/c1-2-9-28-10-7-16(8-11-28)14-3-5-15(6-4-14)17-12-18(23)20(19(24)13-17)21(25)22(26)27/h12-16,28H,2-11H2,1H3/t14-,15-,16?,28?. The zero-order valence-electron chi connectivity index (χ0n) is 16.4. The quantitative estimate of drug-likeness (QED) is 0.339. The minimum Gasteiger partial charge on any atom is -0.206 e. The van der Waals surface area contributed by atoms with Crippen LogP contribution in [0.5, 0.6) is 0 Å². The van der Waals surface area contributed by atoms with Crippen LogP contribution in [0.3, 0.4) is 0 Å². The monoisotopic (exact) mass is 416 g/mol. The maximum absolute atomic E-state index is 14.1. The normalized spacial score (nSPS) is 28.2. The highest BCUT2D eigenvalue weighted by atomic mass is 28.3. The smallest absolute Gasteiger partial charge is 0.206 e. The Balaban J connectivity index is 1.60. The van der Waals surface area contributed by atoms with Crippen LogP contribution < -0.4 is 0 Å². The highest BCUT2D eigenvalue weighted by Gasteiger charge is 2.32. The Morgan fingerprint density at radius 1 is 0.893 bits per heavy atom. The second kappa shape index (κ2) is 9.55. The topological polar surface area (TPSA) is 0 Å². The first-order chi connectivity index (χ1) is 13.4. The van der Waals surface area contributed by atoms with Crippen molar-refractivity contribution in [2.24, 2.45) is 11.8 Å². The van der Waals surface area contributed by atoms with E-state index in [4.69, 9.17) is 0 Å². The molecular formula is C22H29F5Si. The van der Waals surface area contributed by atoms with Gasteiger partial charge in [0.05, 0.1) is 5.56 Å². The molecule has 1 saturated heterocycles. The third kappa shape index (κ3) is 4.86. The van der Waals surface area contributed by atoms with Gasteiger partial charge in [-0.2, -0.15) is 8.78 Å². The van der Waals surface area contributed by atoms with Gasteiger partial charge in [-0.05, 0) is 61.1 Å². The molecule has 2 fully saturated rings. The molecule has 1 saturated carbocycles. The summed E-state index contributed by atoms with van der Waals surface area (Å²) in [6.45, 7) is 2.28. The molecular weight excluding hydrogens is 387 g/mol. The predicted molar refractivity (Wildman–Crippen MR) is 106 cm³/mol. The van der Waals surface area contributed by atoms with E-state index in [0.29, 0.717) is 11.5 Å². The molecule has 1 aliphatic carbocycles. The number of hydrogen-bond acceptors (Lipinski definition) is 0. The fraction of sp³-hybridized carbons (Fsp3) is 0.636. The van der Waals surface area contributed by atoms with Crippen molar-refractivity contribution in [2.75, 3.05) is 0 Å². The van der Waals surface area contributed by atoms with Crippen molar-refractivity contribution < 1.29 is 22.0 Å². The SMILES string of the molecule is CCC[SiH]1CCC([C@H]2CC[C@H](c3cc(F)c(C(F)=C(F)F)c(F)c3)CC2)CC1. The van der Waals surface area contributed by atoms with Gasteiger partial charge in [0.15, 0.2) is 0 Å². The van der Waals surface area contributed by atoms with Crippen LogP contribution in [0.2, 0.25) is 18.1 Å². The molecule has 0 nitrogen and oxygen atoms in total. The van der Waals surface area contributed by atoms with Crippen LogP contribution in [-0.2, 0) is 0 Å². The van der Waals surface area contributed by atoms with E-state index in [0.717, 1.165) is 43.7 Å². The second-order valence-electron chi connectivity index (χ2n) is 8.62. The molecule has 1 heterocycles. The van der Waals surface area contributed by atoms with Gasteiger partial charge in [0.2, 0.25) is 5.83 Å². The van der Waals surface area contributed by atoms with Gasteiger partial charge in [0.25, 0.3) is 0 Å². The summed E-state index contributed by atoms with van der Waals surface area (Å²) in [7, 11) is -0.484. The first kappa shape index (κ1) is 21.5. The summed E-state index contributed by atoms with van der Waals surface area (Å²) in [4.78, 5) is 0. The van der Waals surface area contributed by atoms with E-state index in [1.54, 1.807) is 0 Å². The summed E-state index contributed by atoms with van der Waals surface area (Å²) in [5.74, 6) is -3.11. The van der Waals surface area contributed by atoms with Crippen LogP contribution in [0.1, 0.15) is 68.9 Å². The van der Waals surface area contributed by atoms with Gasteiger partial charge >= 0.3 is 6.08 Å². The van der Waals surface area contributed by atoms with Crippen LogP contribution in [0.4, 0.5) is 22.0 Å². The highest BCUT2D eigenvalue weighted by molar-refractivity contribution is 6.58. The minimum atomic E-state index is -2.71. The average molecular weight is 417 g/mol. The summed E-state index contributed by atoms with van der Waals surface area (Å²) >= 11 is 0. The number of hydrogen-bond donors (Lipinski definition) is 0. The predicted octanol–water partition coefficient (Wildman–Crippen LogP) is 7.82. The van der Waals surface area contributed by atoms with E-state index in [2.05, 4.69) is 6.92 Å². The molecule has 6 heteroatoms. The van der Waals surface area contributed by atoms with E-state index < -0.39 is 37.9 Å². The summed E-state index contributed by atoms with van der Waals surface area (Å²) in [6.07, 6.45) is 5.12. The molecule has 1 aromatic rings. The Morgan fingerprint density at radius 2 is 1.43 bits per heavy atom. The molecule has 28 heavy (non-hydrogen) atoms. The van der Waals surface area contributed by atoms with Crippen molar-refractivity contribution in [1.29, 1.82) is 0 Å². The molecule has 0 amide bonds. The molecule has 1 aromatic carbocycles. The van der Waals surface area contributed by atoms with Crippen molar-refractivity contribution in [3.63, 3.8) is 0 Å². The molecule has 0 aromatic heterocycles. The fourth-order valence-electron chi connectivity index (χ4n) is 5.41. The van der Waals surface area contributed by atoms with Crippen molar-refractivity contribution in [1.82, 2.24) is 0 Å². The molecule has 3 rings (SSSR count). The van der Waals surface area contributed by atoms with Gasteiger partial charge in [-0.3, -0.25) is 0 Å². The van der Waals surface area contributed by atoms with Gasteiger partial charge in [0.1, 0.15) is 11.6 Å². The lowest BCUT2D eigenvalue weighted by Crippen LogP contribution is -2.28. The Bertz CT molecular complexity index is 674. The Kier molecular flexibility index (Phi) is 7.34. The van der Waals surface area contributed by atoms with Crippen LogP contribution in [-0.4, -0.2) is 8.80 Å². The van der Waals surface area contributed by atoms with Gasteiger partial charge in [-0.15, -0.1) is 0 Å². The van der Waals surface area contributed by atoms with Gasteiger partial charge in [-0.25, -0.2) is 13.2 Å². The van der Waals surface area contributed by atoms with Crippen LogP contribution >= 0.6 is 0 Å². The fourth-order valence-corrected chi connectivity index (χ4v) is 8.89. The zero-order valence-corrected chi connectivity index (χ0v) is 17.6. The number of rotatable bonds is 5. The summed E-state index contributed by atoms with van der Waals surface area (Å²) in [5.41, 5.74) is -0.797. The summed E-state index contributed by atoms with van der Waals surface area (Å²) in [5, 5.41) is 0. The molecule has 1 aliphatic heterocycles. The van der Waals surface area contributed by atoms with Crippen LogP contribution in [0, 0.1) is 23.5 Å². The molecule has 0 radical (unpaired) electrons. The second-order valence-corrected chi connectivity index (χ2v) is 12.1. The molecule has 0 bridgehead atoms.